The number of hydrogen-bond acceptors (Lipinski definition) is 4. The van der Waals surface area contributed by atoms with E-state index in [9.17, 15) is 4.79 Å². The third-order valence-corrected chi connectivity index (χ3v) is 7.11. The Morgan fingerprint density at radius 1 is 1.09 bits per heavy atom. The first kappa shape index (κ1) is 21.2. The average Bonchev–Trinajstić information content (AvgIpc) is 3.30. The molecule has 4 aromatic rings. The van der Waals surface area contributed by atoms with Gasteiger partial charge in [-0.15, -0.1) is 0 Å². The van der Waals surface area contributed by atoms with Crippen LogP contribution in [0.5, 0.6) is 0 Å². The number of furan rings is 1. The molecule has 1 aliphatic carbocycles. The molecule has 0 aliphatic heterocycles. The largest absolute Gasteiger partial charge is 0.455 e. The molecule has 5 rings (SSSR count). The smallest absolute Gasteiger partial charge is 0.282 e. The van der Waals surface area contributed by atoms with Gasteiger partial charge in [-0.25, -0.2) is 4.98 Å². The van der Waals surface area contributed by atoms with Crippen LogP contribution in [0.4, 0.5) is 0 Å². The van der Waals surface area contributed by atoms with E-state index >= 15 is 0 Å². The molecule has 1 fully saturated rings. The van der Waals surface area contributed by atoms with E-state index in [2.05, 4.69) is 21.0 Å². The highest BCUT2D eigenvalue weighted by atomic mass is 79.9. The molecule has 162 valence electrons. The van der Waals surface area contributed by atoms with Crippen LogP contribution in [-0.4, -0.2) is 15.9 Å². The van der Waals surface area contributed by atoms with Crippen molar-refractivity contribution in [1.29, 1.82) is 0 Å². The highest BCUT2D eigenvalue weighted by Gasteiger charge is 2.22. The highest BCUT2D eigenvalue weighted by Crippen LogP contribution is 2.32. The Hall–Kier alpha value is -2.70. The van der Waals surface area contributed by atoms with Crippen molar-refractivity contribution in [3.63, 3.8) is 0 Å². The highest BCUT2D eigenvalue weighted by molar-refractivity contribution is 9.10. The lowest BCUT2D eigenvalue weighted by Crippen LogP contribution is -2.25. The van der Waals surface area contributed by atoms with Gasteiger partial charge in [-0.1, -0.05) is 49.1 Å². The predicted molar refractivity (Wildman–Crippen MR) is 132 cm³/mol. The molecule has 7 heteroatoms. The van der Waals surface area contributed by atoms with Gasteiger partial charge in [0, 0.05) is 16.0 Å². The number of aromatic nitrogens is 2. The zero-order valence-corrected chi connectivity index (χ0v) is 19.6. The minimum Gasteiger partial charge on any atom is -0.455 e. The Kier molecular flexibility index (Phi) is 5.98. The maximum atomic E-state index is 13.3. The van der Waals surface area contributed by atoms with Gasteiger partial charge in [0.2, 0.25) is 0 Å². The number of para-hydroxylation sites is 1. The van der Waals surface area contributed by atoms with Crippen molar-refractivity contribution in [3.8, 4) is 11.3 Å². The number of halogens is 2. The fourth-order valence-electron chi connectivity index (χ4n) is 4.22. The Morgan fingerprint density at radius 3 is 2.72 bits per heavy atom. The van der Waals surface area contributed by atoms with Crippen molar-refractivity contribution in [2.75, 3.05) is 0 Å². The molecule has 0 amide bonds. The average molecular weight is 511 g/mol. The molecule has 2 aromatic carbocycles. The first-order chi connectivity index (χ1) is 15.6. The van der Waals surface area contributed by atoms with Gasteiger partial charge in [0.05, 0.1) is 22.1 Å². The summed E-state index contributed by atoms with van der Waals surface area (Å²) in [6, 6.07) is 16.8. The topological polar surface area (TPSA) is 60.4 Å². The second-order valence-corrected chi connectivity index (χ2v) is 9.28. The minimum absolute atomic E-state index is 0.154. The van der Waals surface area contributed by atoms with Crippen LogP contribution < -0.4 is 5.56 Å². The number of nitrogens with zero attached hydrogens (tertiary/aromatic N) is 3. The van der Waals surface area contributed by atoms with Crippen LogP contribution in [0.2, 0.25) is 5.02 Å². The fraction of sp³-hybridized carbons (Fsp3) is 0.240. The molecule has 0 spiro atoms. The molecule has 0 atom stereocenters. The van der Waals surface area contributed by atoms with E-state index in [4.69, 9.17) is 21.0 Å². The predicted octanol–water partition coefficient (Wildman–Crippen LogP) is 7.00. The van der Waals surface area contributed by atoms with E-state index in [0.717, 1.165) is 47.1 Å². The standard InChI is InChI=1S/C25H21BrClN3O2/c26-20-12-10-17(14-21(20)27)23-13-11-18(32-23)15-28-30-24(16-6-2-1-3-7-16)29-22-9-5-4-8-19(22)25(30)31/h4-5,8-16H,1-3,6-7H2. The van der Waals surface area contributed by atoms with Gasteiger partial charge in [-0.05, 0) is 65.2 Å². The maximum absolute atomic E-state index is 13.3. The lowest BCUT2D eigenvalue weighted by Gasteiger charge is -2.22. The van der Waals surface area contributed by atoms with E-state index in [1.165, 1.54) is 11.1 Å². The molecule has 0 radical (unpaired) electrons. The molecule has 0 bridgehead atoms. The number of fused-ring (bicyclic) bond motifs is 1. The van der Waals surface area contributed by atoms with Gasteiger partial charge in [-0.3, -0.25) is 4.79 Å². The molecule has 0 N–H and O–H groups in total. The number of benzene rings is 2. The van der Waals surface area contributed by atoms with Gasteiger partial charge >= 0.3 is 0 Å². The molecule has 2 aromatic heterocycles. The molecule has 5 nitrogen and oxygen atoms in total. The Bertz CT molecular complexity index is 1370. The summed E-state index contributed by atoms with van der Waals surface area (Å²) in [5.74, 6) is 2.19. The van der Waals surface area contributed by atoms with E-state index < -0.39 is 0 Å². The molecule has 32 heavy (non-hydrogen) atoms. The summed E-state index contributed by atoms with van der Waals surface area (Å²) >= 11 is 9.61. The third-order valence-electron chi connectivity index (χ3n) is 5.88. The normalized spacial score (nSPS) is 15.1. The molecule has 0 saturated heterocycles. The molecule has 1 saturated carbocycles. The van der Waals surface area contributed by atoms with Crippen LogP contribution >= 0.6 is 27.5 Å². The Labute approximate surface area is 198 Å². The SMILES string of the molecule is O=c1c2ccccc2nc(C2CCCCC2)n1N=Cc1ccc(-c2ccc(Br)c(Cl)c2)o1. The van der Waals surface area contributed by atoms with E-state index in [-0.39, 0.29) is 11.5 Å². The zero-order chi connectivity index (χ0) is 22.1. The Balaban J connectivity index is 1.53. The summed E-state index contributed by atoms with van der Waals surface area (Å²) in [5, 5.41) is 5.70. The first-order valence-corrected chi connectivity index (χ1v) is 11.9. The first-order valence-electron chi connectivity index (χ1n) is 10.7. The molecule has 0 unspecified atom stereocenters. The molecular formula is C25H21BrClN3O2. The van der Waals surface area contributed by atoms with E-state index in [1.54, 1.807) is 12.3 Å². The molecular weight excluding hydrogens is 490 g/mol. The van der Waals surface area contributed by atoms with Crippen molar-refractivity contribution in [2.45, 2.75) is 38.0 Å². The summed E-state index contributed by atoms with van der Waals surface area (Å²) in [7, 11) is 0. The summed E-state index contributed by atoms with van der Waals surface area (Å²) in [6.07, 6.45) is 7.15. The quantitative estimate of drug-likeness (QED) is 0.278. The van der Waals surface area contributed by atoms with Crippen molar-refractivity contribution in [2.24, 2.45) is 5.10 Å². The van der Waals surface area contributed by atoms with Crippen LogP contribution in [0, 0.1) is 0 Å². The number of hydrogen-bond donors (Lipinski definition) is 0. The van der Waals surface area contributed by atoms with Crippen molar-refractivity contribution in [1.82, 2.24) is 9.66 Å². The van der Waals surface area contributed by atoms with Crippen LogP contribution in [-0.2, 0) is 0 Å². The summed E-state index contributed by atoms with van der Waals surface area (Å²) in [4.78, 5) is 18.1. The summed E-state index contributed by atoms with van der Waals surface area (Å²) in [5.41, 5.74) is 1.43. The number of rotatable bonds is 4. The van der Waals surface area contributed by atoms with Gasteiger partial charge in [-0.2, -0.15) is 9.78 Å². The van der Waals surface area contributed by atoms with Crippen molar-refractivity contribution in [3.05, 3.63) is 86.0 Å². The minimum atomic E-state index is -0.154. The summed E-state index contributed by atoms with van der Waals surface area (Å²) in [6.45, 7) is 0. The fourth-order valence-corrected chi connectivity index (χ4v) is 4.65. The third kappa shape index (κ3) is 4.17. The van der Waals surface area contributed by atoms with Crippen molar-refractivity contribution < 1.29 is 4.42 Å². The lowest BCUT2D eigenvalue weighted by molar-refractivity contribution is 0.416. The maximum Gasteiger partial charge on any atom is 0.282 e. The second kappa shape index (κ2) is 9.04. The van der Waals surface area contributed by atoms with Gasteiger partial charge in [0.1, 0.15) is 17.3 Å². The van der Waals surface area contributed by atoms with E-state index in [1.807, 2.05) is 48.5 Å². The Morgan fingerprint density at radius 2 is 1.91 bits per heavy atom. The van der Waals surface area contributed by atoms with Gasteiger partial charge < -0.3 is 4.42 Å². The van der Waals surface area contributed by atoms with Crippen LogP contribution in [0.15, 0.2) is 73.4 Å². The lowest BCUT2D eigenvalue weighted by atomic mass is 9.88. The zero-order valence-electron chi connectivity index (χ0n) is 17.3. The van der Waals surface area contributed by atoms with Crippen molar-refractivity contribution >= 4 is 44.6 Å². The monoisotopic (exact) mass is 509 g/mol. The van der Waals surface area contributed by atoms with Crippen LogP contribution in [0.3, 0.4) is 0 Å². The molecule has 2 heterocycles. The second-order valence-electron chi connectivity index (χ2n) is 8.01. The van der Waals surface area contributed by atoms with Gasteiger partial charge in [0.15, 0.2) is 0 Å². The van der Waals surface area contributed by atoms with Crippen LogP contribution in [0.25, 0.3) is 22.2 Å². The summed E-state index contributed by atoms with van der Waals surface area (Å²) < 4.78 is 8.22. The van der Waals surface area contributed by atoms with Crippen LogP contribution in [0.1, 0.15) is 49.6 Å². The van der Waals surface area contributed by atoms with Gasteiger partial charge in [0.25, 0.3) is 5.56 Å². The van der Waals surface area contributed by atoms with E-state index in [0.29, 0.717) is 21.9 Å². The molecule has 1 aliphatic rings.